The molecule has 2 aromatic carbocycles. The Bertz CT molecular complexity index is 825. The van der Waals surface area contributed by atoms with E-state index in [0.29, 0.717) is 5.39 Å². The van der Waals surface area contributed by atoms with Crippen LogP contribution in [0.25, 0.3) is 21.7 Å². The first-order chi connectivity index (χ1) is 8.31. The van der Waals surface area contributed by atoms with E-state index in [2.05, 4.69) is 4.98 Å². The Morgan fingerprint density at radius 3 is 2.71 bits per heavy atom. The van der Waals surface area contributed by atoms with Crippen LogP contribution < -0.4 is 5.43 Å². The van der Waals surface area contributed by atoms with Crippen LogP contribution in [0.5, 0.6) is 0 Å². The van der Waals surface area contributed by atoms with Gasteiger partial charge in [-0.1, -0.05) is 30.3 Å². The topological polar surface area (TPSA) is 56.6 Å². The summed E-state index contributed by atoms with van der Waals surface area (Å²) < 4.78 is 0. The molecule has 0 spiro atoms. The van der Waals surface area contributed by atoms with Crippen LogP contribution in [0, 0.1) is 11.3 Å². The van der Waals surface area contributed by atoms with Gasteiger partial charge in [0, 0.05) is 17.0 Å². The lowest BCUT2D eigenvalue weighted by molar-refractivity contribution is 1.35. The number of rotatable bonds is 0. The van der Waals surface area contributed by atoms with Gasteiger partial charge in [0.2, 0.25) is 5.43 Å². The maximum atomic E-state index is 12.0. The van der Waals surface area contributed by atoms with Gasteiger partial charge < -0.3 is 4.98 Å². The van der Waals surface area contributed by atoms with Crippen molar-refractivity contribution in [3.8, 4) is 6.07 Å². The Kier molecular flexibility index (Phi) is 1.96. The quantitative estimate of drug-likeness (QED) is 0.592. The molecule has 0 bridgehead atoms. The van der Waals surface area contributed by atoms with Crippen LogP contribution in [-0.2, 0) is 0 Å². The first kappa shape index (κ1) is 9.61. The molecule has 0 unspecified atom stereocenters. The summed E-state index contributed by atoms with van der Waals surface area (Å²) in [6, 6.07) is 13.4. The maximum Gasteiger partial charge on any atom is 0.207 e. The molecule has 0 saturated heterocycles. The lowest BCUT2D eigenvalue weighted by atomic mass is 10.1. The SMILES string of the molecule is N#Cc1c[nH]c2c(ccc3ccccc32)c1=O. The van der Waals surface area contributed by atoms with Gasteiger partial charge in [0.25, 0.3) is 0 Å². The first-order valence-corrected chi connectivity index (χ1v) is 5.24. The van der Waals surface area contributed by atoms with Crippen molar-refractivity contribution in [2.24, 2.45) is 0 Å². The van der Waals surface area contributed by atoms with Gasteiger partial charge in [0.1, 0.15) is 11.6 Å². The largest absolute Gasteiger partial charge is 0.359 e. The number of aromatic nitrogens is 1. The van der Waals surface area contributed by atoms with Crippen LogP contribution in [0.15, 0.2) is 47.4 Å². The van der Waals surface area contributed by atoms with Crippen molar-refractivity contribution in [1.29, 1.82) is 5.26 Å². The van der Waals surface area contributed by atoms with Crippen molar-refractivity contribution in [2.75, 3.05) is 0 Å². The molecular formula is C14H8N2O. The van der Waals surface area contributed by atoms with Crippen LogP contribution in [0.3, 0.4) is 0 Å². The summed E-state index contributed by atoms with van der Waals surface area (Å²) in [6.45, 7) is 0. The minimum atomic E-state index is -0.216. The average molecular weight is 220 g/mol. The molecule has 0 aliphatic rings. The van der Waals surface area contributed by atoms with E-state index in [-0.39, 0.29) is 11.0 Å². The molecule has 1 heterocycles. The molecule has 0 radical (unpaired) electrons. The zero-order chi connectivity index (χ0) is 11.8. The number of benzene rings is 2. The fourth-order valence-electron chi connectivity index (χ4n) is 2.05. The third kappa shape index (κ3) is 1.31. The number of hydrogen-bond acceptors (Lipinski definition) is 2. The van der Waals surface area contributed by atoms with Crippen LogP contribution in [0.2, 0.25) is 0 Å². The van der Waals surface area contributed by atoms with Crippen molar-refractivity contribution in [3.63, 3.8) is 0 Å². The highest BCUT2D eigenvalue weighted by atomic mass is 16.1. The number of aromatic amines is 1. The number of pyridine rings is 1. The second-order valence-corrected chi connectivity index (χ2v) is 3.85. The molecule has 17 heavy (non-hydrogen) atoms. The Balaban J connectivity index is 2.59. The Morgan fingerprint density at radius 1 is 1.06 bits per heavy atom. The van der Waals surface area contributed by atoms with E-state index in [1.807, 2.05) is 36.4 Å². The molecule has 1 aromatic heterocycles. The van der Waals surface area contributed by atoms with Gasteiger partial charge in [-0.25, -0.2) is 0 Å². The number of nitrogens with one attached hydrogen (secondary N) is 1. The Labute approximate surface area is 96.9 Å². The van der Waals surface area contributed by atoms with E-state index in [9.17, 15) is 4.79 Å². The van der Waals surface area contributed by atoms with Crippen LogP contribution in [-0.4, -0.2) is 4.98 Å². The smallest absolute Gasteiger partial charge is 0.207 e. The number of nitrogens with zero attached hydrogens (tertiary/aromatic N) is 1. The van der Waals surface area contributed by atoms with E-state index >= 15 is 0 Å². The van der Waals surface area contributed by atoms with E-state index < -0.39 is 0 Å². The lowest BCUT2D eigenvalue weighted by Gasteiger charge is -2.03. The highest BCUT2D eigenvalue weighted by Crippen LogP contribution is 2.21. The number of fused-ring (bicyclic) bond motifs is 3. The molecule has 0 aliphatic carbocycles. The monoisotopic (exact) mass is 220 g/mol. The summed E-state index contributed by atoms with van der Waals surface area (Å²) in [4.78, 5) is 15.0. The van der Waals surface area contributed by atoms with Gasteiger partial charge in [-0.2, -0.15) is 5.26 Å². The molecule has 3 nitrogen and oxygen atoms in total. The zero-order valence-electron chi connectivity index (χ0n) is 8.90. The molecule has 0 saturated carbocycles. The van der Waals surface area contributed by atoms with E-state index in [1.54, 1.807) is 6.07 Å². The van der Waals surface area contributed by atoms with Gasteiger partial charge in [-0.15, -0.1) is 0 Å². The summed E-state index contributed by atoms with van der Waals surface area (Å²) in [5.41, 5.74) is 0.715. The first-order valence-electron chi connectivity index (χ1n) is 5.24. The second-order valence-electron chi connectivity index (χ2n) is 3.85. The van der Waals surface area contributed by atoms with E-state index in [4.69, 9.17) is 5.26 Å². The molecule has 1 N–H and O–H groups in total. The predicted octanol–water partition coefficient (Wildman–Crippen LogP) is 2.55. The normalized spacial score (nSPS) is 10.5. The van der Waals surface area contributed by atoms with E-state index in [1.165, 1.54) is 6.20 Å². The summed E-state index contributed by atoms with van der Waals surface area (Å²) in [5.74, 6) is 0. The summed E-state index contributed by atoms with van der Waals surface area (Å²) in [5, 5.41) is 11.4. The van der Waals surface area contributed by atoms with Crippen molar-refractivity contribution in [1.82, 2.24) is 4.98 Å². The number of nitriles is 1. The second kappa shape index (κ2) is 3.46. The Hall–Kier alpha value is -2.60. The van der Waals surface area contributed by atoms with Gasteiger partial charge in [0.05, 0.1) is 5.52 Å². The molecule has 3 aromatic rings. The highest BCUT2D eigenvalue weighted by molar-refractivity contribution is 6.05. The van der Waals surface area contributed by atoms with Crippen molar-refractivity contribution < 1.29 is 0 Å². The fourth-order valence-corrected chi connectivity index (χ4v) is 2.05. The lowest BCUT2D eigenvalue weighted by Crippen LogP contribution is -2.07. The number of hydrogen-bond donors (Lipinski definition) is 1. The summed E-state index contributed by atoms with van der Waals surface area (Å²) in [6.07, 6.45) is 1.47. The third-order valence-corrected chi connectivity index (χ3v) is 2.90. The van der Waals surface area contributed by atoms with Crippen molar-refractivity contribution in [3.05, 3.63) is 58.4 Å². The minimum absolute atomic E-state index is 0.146. The molecule has 0 aliphatic heterocycles. The van der Waals surface area contributed by atoms with Crippen molar-refractivity contribution in [2.45, 2.75) is 0 Å². The van der Waals surface area contributed by atoms with Crippen LogP contribution in [0.4, 0.5) is 0 Å². The molecule has 3 heteroatoms. The van der Waals surface area contributed by atoms with Gasteiger partial charge >= 0.3 is 0 Å². The standard InChI is InChI=1S/C14H8N2O/c15-7-10-8-16-13-11-4-2-1-3-9(11)5-6-12(13)14(10)17/h1-6,8H,(H,16,17). The Morgan fingerprint density at radius 2 is 1.88 bits per heavy atom. The predicted molar refractivity (Wildman–Crippen MR) is 66.8 cm³/mol. The average Bonchev–Trinajstić information content (AvgIpc) is 2.39. The van der Waals surface area contributed by atoms with Crippen molar-refractivity contribution >= 4 is 21.7 Å². The molecule has 0 amide bonds. The molecular weight excluding hydrogens is 212 g/mol. The van der Waals surface area contributed by atoms with E-state index in [0.717, 1.165) is 16.3 Å². The molecule has 80 valence electrons. The zero-order valence-corrected chi connectivity index (χ0v) is 8.90. The van der Waals surface area contributed by atoms with Gasteiger partial charge in [-0.3, -0.25) is 4.79 Å². The third-order valence-electron chi connectivity index (χ3n) is 2.90. The fraction of sp³-hybridized carbons (Fsp3) is 0. The van der Waals surface area contributed by atoms with Gasteiger partial charge in [-0.05, 0) is 11.5 Å². The molecule has 0 atom stereocenters. The summed E-state index contributed by atoms with van der Waals surface area (Å²) in [7, 11) is 0. The molecule has 3 rings (SSSR count). The van der Waals surface area contributed by atoms with Crippen LogP contribution >= 0.6 is 0 Å². The van der Waals surface area contributed by atoms with Crippen LogP contribution in [0.1, 0.15) is 5.56 Å². The maximum absolute atomic E-state index is 12.0. The molecule has 0 fully saturated rings. The highest BCUT2D eigenvalue weighted by Gasteiger charge is 2.06. The van der Waals surface area contributed by atoms with Gasteiger partial charge in [0.15, 0.2) is 0 Å². The summed E-state index contributed by atoms with van der Waals surface area (Å²) >= 11 is 0. The minimum Gasteiger partial charge on any atom is -0.359 e. The number of H-pyrrole nitrogens is 1.